The quantitative estimate of drug-likeness (QED) is 0.863. The SMILES string of the molecule is CCNC(c1ccncc1OC)c1nccn1CC. The first kappa shape index (κ1) is 13.5. The van der Waals surface area contributed by atoms with E-state index in [-0.39, 0.29) is 6.04 Å². The Morgan fingerprint density at radius 2 is 2.21 bits per heavy atom. The van der Waals surface area contributed by atoms with Crippen molar-refractivity contribution in [2.75, 3.05) is 13.7 Å². The van der Waals surface area contributed by atoms with Crippen LogP contribution in [0.1, 0.15) is 31.3 Å². The second-order valence-corrected chi connectivity index (χ2v) is 4.18. The van der Waals surface area contributed by atoms with Crippen molar-refractivity contribution in [3.63, 3.8) is 0 Å². The highest BCUT2D eigenvalue weighted by Crippen LogP contribution is 2.28. The molecule has 1 unspecified atom stereocenters. The molecule has 1 atom stereocenters. The topological polar surface area (TPSA) is 52.0 Å². The van der Waals surface area contributed by atoms with Crippen LogP contribution in [0.15, 0.2) is 30.9 Å². The summed E-state index contributed by atoms with van der Waals surface area (Å²) in [5.74, 6) is 1.77. The van der Waals surface area contributed by atoms with E-state index in [0.717, 1.165) is 30.2 Å². The molecule has 0 aliphatic carbocycles. The number of imidazole rings is 1. The van der Waals surface area contributed by atoms with Crippen molar-refractivity contribution in [1.82, 2.24) is 19.9 Å². The highest BCUT2D eigenvalue weighted by atomic mass is 16.5. The Balaban J connectivity index is 2.45. The van der Waals surface area contributed by atoms with Crippen LogP contribution in [0.25, 0.3) is 0 Å². The van der Waals surface area contributed by atoms with Crippen LogP contribution >= 0.6 is 0 Å². The van der Waals surface area contributed by atoms with E-state index >= 15 is 0 Å². The fraction of sp³-hybridized carbons (Fsp3) is 0.429. The van der Waals surface area contributed by atoms with Crippen LogP contribution in [0.4, 0.5) is 0 Å². The maximum absolute atomic E-state index is 5.40. The summed E-state index contributed by atoms with van der Waals surface area (Å²) in [7, 11) is 1.66. The standard InChI is InChI=1S/C14H20N4O/c1-4-16-13(14-17-8-9-18(14)5-2)11-6-7-15-10-12(11)19-3/h6-10,13,16H,4-5H2,1-3H3. The molecule has 2 heterocycles. The van der Waals surface area contributed by atoms with Gasteiger partial charge in [0.15, 0.2) is 0 Å². The number of rotatable bonds is 6. The minimum absolute atomic E-state index is 0.0119. The van der Waals surface area contributed by atoms with Gasteiger partial charge in [0.25, 0.3) is 0 Å². The van der Waals surface area contributed by atoms with E-state index in [9.17, 15) is 0 Å². The summed E-state index contributed by atoms with van der Waals surface area (Å²) in [4.78, 5) is 8.58. The van der Waals surface area contributed by atoms with Crippen LogP contribution in [0.5, 0.6) is 5.75 Å². The molecule has 1 N–H and O–H groups in total. The molecular weight excluding hydrogens is 240 g/mol. The summed E-state index contributed by atoms with van der Waals surface area (Å²) in [5, 5.41) is 3.46. The zero-order chi connectivity index (χ0) is 13.7. The average Bonchev–Trinajstić information content (AvgIpc) is 2.93. The zero-order valence-corrected chi connectivity index (χ0v) is 11.6. The van der Waals surface area contributed by atoms with Crippen LogP contribution < -0.4 is 10.1 Å². The molecule has 0 aromatic carbocycles. The monoisotopic (exact) mass is 260 g/mol. The predicted molar refractivity (Wildman–Crippen MR) is 74.2 cm³/mol. The highest BCUT2D eigenvalue weighted by molar-refractivity contribution is 5.36. The lowest BCUT2D eigenvalue weighted by Gasteiger charge is -2.20. The Hall–Kier alpha value is -1.88. The molecule has 0 saturated heterocycles. The molecule has 0 fully saturated rings. The molecule has 0 spiro atoms. The van der Waals surface area contributed by atoms with Gasteiger partial charge in [-0.3, -0.25) is 4.98 Å². The van der Waals surface area contributed by atoms with Gasteiger partial charge >= 0.3 is 0 Å². The number of nitrogens with one attached hydrogen (secondary N) is 1. The number of ether oxygens (including phenoxy) is 1. The molecule has 102 valence electrons. The molecule has 2 rings (SSSR count). The summed E-state index contributed by atoms with van der Waals surface area (Å²) in [6, 6.07) is 1.98. The number of hydrogen-bond acceptors (Lipinski definition) is 4. The summed E-state index contributed by atoms with van der Waals surface area (Å²) >= 11 is 0. The molecular formula is C14H20N4O. The number of aromatic nitrogens is 3. The van der Waals surface area contributed by atoms with Crippen molar-refractivity contribution in [3.05, 3.63) is 42.2 Å². The van der Waals surface area contributed by atoms with Gasteiger partial charge in [0.05, 0.1) is 19.3 Å². The minimum Gasteiger partial charge on any atom is -0.495 e. The van der Waals surface area contributed by atoms with Gasteiger partial charge in [-0.15, -0.1) is 0 Å². The number of hydrogen-bond donors (Lipinski definition) is 1. The van der Waals surface area contributed by atoms with Crippen LogP contribution in [0.3, 0.4) is 0 Å². The first-order chi connectivity index (χ1) is 9.31. The van der Waals surface area contributed by atoms with Gasteiger partial charge < -0.3 is 14.6 Å². The molecule has 0 aliphatic heterocycles. The molecule has 0 saturated carbocycles. The summed E-state index contributed by atoms with van der Waals surface area (Å²) in [5.41, 5.74) is 1.06. The van der Waals surface area contributed by atoms with Gasteiger partial charge in [0.2, 0.25) is 0 Å². The molecule has 5 heteroatoms. The maximum Gasteiger partial charge on any atom is 0.142 e. The lowest BCUT2D eigenvalue weighted by Crippen LogP contribution is -2.25. The fourth-order valence-corrected chi connectivity index (χ4v) is 2.19. The van der Waals surface area contributed by atoms with E-state index in [2.05, 4.69) is 33.7 Å². The van der Waals surface area contributed by atoms with Crippen molar-refractivity contribution >= 4 is 0 Å². The molecule has 0 bridgehead atoms. The van der Waals surface area contributed by atoms with E-state index in [1.54, 1.807) is 19.5 Å². The third-order valence-electron chi connectivity index (χ3n) is 3.10. The van der Waals surface area contributed by atoms with E-state index < -0.39 is 0 Å². The van der Waals surface area contributed by atoms with Crippen molar-refractivity contribution in [1.29, 1.82) is 0 Å². The first-order valence-corrected chi connectivity index (χ1v) is 6.54. The van der Waals surface area contributed by atoms with Gasteiger partial charge in [-0.1, -0.05) is 6.92 Å². The number of methoxy groups -OCH3 is 1. The number of nitrogens with zero attached hydrogens (tertiary/aromatic N) is 3. The minimum atomic E-state index is 0.0119. The van der Waals surface area contributed by atoms with Gasteiger partial charge in [0.1, 0.15) is 11.6 Å². The van der Waals surface area contributed by atoms with E-state index in [4.69, 9.17) is 4.74 Å². The smallest absolute Gasteiger partial charge is 0.142 e. The largest absolute Gasteiger partial charge is 0.495 e. The van der Waals surface area contributed by atoms with Crippen LogP contribution in [0, 0.1) is 0 Å². The van der Waals surface area contributed by atoms with Crippen molar-refractivity contribution < 1.29 is 4.74 Å². The maximum atomic E-state index is 5.40. The average molecular weight is 260 g/mol. The summed E-state index contributed by atoms with van der Waals surface area (Å²) in [6.07, 6.45) is 7.34. The third kappa shape index (κ3) is 2.76. The second-order valence-electron chi connectivity index (χ2n) is 4.18. The van der Waals surface area contributed by atoms with E-state index in [0.29, 0.717) is 0 Å². The van der Waals surface area contributed by atoms with Gasteiger partial charge in [0, 0.05) is 30.7 Å². The molecule has 0 radical (unpaired) electrons. The van der Waals surface area contributed by atoms with E-state index in [1.165, 1.54) is 0 Å². The number of pyridine rings is 1. The third-order valence-corrected chi connectivity index (χ3v) is 3.10. The lowest BCUT2D eigenvalue weighted by molar-refractivity contribution is 0.400. The lowest BCUT2D eigenvalue weighted by atomic mass is 10.1. The Morgan fingerprint density at radius 3 is 2.89 bits per heavy atom. The van der Waals surface area contributed by atoms with Crippen LogP contribution in [0.2, 0.25) is 0 Å². The Labute approximate surface area is 113 Å². The normalized spacial score (nSPS) is 12.4. The molecule has 2 aromatic rings. The summed E-state index contributed by atoms with van der Waals surface area (Å²) < 4.78 is 7.54. The first-order valence-electron chi connectivity index (χ1n) is 6.54. The van der Waals surface area contributed by atoms with Gasteiger partial charge in [-0.05, 0) is 19.5 Å². The van der Waals surface area contributed by atoms with Crippen molar-refractivity contribution in [3.8, 4) is 5.75 Å². The number of aryl methyl sites for hydroxylation is 1. The fourth-order valence-electron chi connectivity index (χ4n) is 2.19. The molecule has 5 nitrogen and oxygen atoms in total. The van der Waals surface area contributed by atoms with Crippen LogP contribution in [-0.4, -0.2) is 28.2 Å². The van der Waals surface area contributed by atoms with Gasteiger partial charge in [-0.25, -0.2) is 4.98 Å². The Morgan fingerprint density at radius 1 is 1.37 bits per heavy atom. The molecule has 0 amide bonds. The zero-order valence-electron chi connectivity index (χ0n) is 11.6. The molecule has 2 aromatic heterocycles. The Kier molecular flexibility index (Phi) is 4.52. The van der Waals surface area contributed by atoms with Crippen molar-refractivity contribution in [2.24, 2.45) is 0 Å². The van der Waals surface area contributed by atoms with Crippen molar-refractivity contribution in [2.45, 2.75) is 26.4 Å². The predicted octanol–water partition coefficient (Wildman–Crippen LogP) is 2.01. The second kappa shape index (κ2) is 6.33. The Bertz CT molecular complexity index is 524. The van der Waals surface area contributed by atoms with Gasteiger partial charge in [-0.2, -0.15) is 0 Å². The van der Waals surface area contributed by atoms with Crippen LogP contribution in [-0.2, 0) is 6.54 Å². The highest BCUT2D eigenvalue weighted by Gasteiger charge is 2.21. The summed E-state index contributed by atoms with van der Waals surface area (Å²) in [6.45, 7) is 5.94. The molecule has 19 heavy (non-hydrogen) atoms. The molecule has 0 aliphatic rings. The van der Waals surface area contributed by atoms with E-state index in [1.807, 2.05) is 18.5 Å².